The number of aromatic nitrogens is 2. The summed E-state index contributed by atoms with van der Waals surface area (Å²) in [7, 11) is -4.46. The molecule has 46 heavy (non-hydrogen) atoms. The SMILES string of the molecule is Cc1ccc2nc(-c3ccc4nc(-c5ccc(NC(=O)c6cc(C(C)(F)F)cc(C(F)(F)F)c6)cc5)sc4c3)sc2c1S(=O)(=O)O. The number of alkyl halides is 5. The first kappa shape index (κ1) is 31.7. The van der Waals surface area contributed by atoms with Gasteiger partial charge in [0.15, 0.2) is 0 Å². The molecule has 2 heterocycles. The van der Waals surface area contributed by atoms with Gasteiger partial charge < -0.3 is 5.32 Å². The molecule has 0 radical (unpaired) electrons. The van der Waals surface area contributed by atoms with E-state index in [1.165, 1.54) is 23.5 Å². The Morgan fingerprint density at radius 1 is 0.804 bits per heavy atom. The predicted octanol–water partition coefficient (Wildman–Crippen LogP) is 9.18. The lowest BCUT2D eigenvalue weighted by molar-refractivity contribution is -0.137. The number of thiazole rings is 2. The molecule has 6 rings (SSSR count). The number of hydrogen-bond donors (Lipinski definition) is 2. The molecule has 0 saturated heterocycles. The first-order valence-corrected chi connectivity index (χ1v) is 16.4. The zero-order chi connectivity index (χ0) is 33.2. The minimum absolute atomic E-state index is 0.170. The fourth-order valence-electron chi connectivity index (χ4n) is 4.77. The van der Waals surface area contributed by atoms with Crippen LogP contribution >= 0.6 is 22.7 Å². The Hall–Kier alpha value is -4.31. The number of halogens is 5. The van der Waals surface area contributed by atoms with Gasteiger partial charge in [-0.3, -0.25) is 9.35 Å². The van der Waals surface area contributed by atoms with Gasteiger partial charge in [-0.1, -0.05) is 6.07 Å². The highest BCUT2D eigenvalue weighted by Gasteiger charge is 2.35. The van der Waals surface area contributed by atoms with Crippen molar-refractivity contribution in [1.29, 1.82) is 0 Å². The number of nitrogens with one attached hydrogen (secondary N) is 1. The van der Waals surface area contributed by atoms with Gasteiger partial charge >= 0.3 is 6.18 Å². The van der Waals surface area contributed by atoms with Gasteiger partial charge in [0.25, 0.3) is 21.9 Å². The van der Waals surface area contributed by atoms with E-state index in [1.807, 2.05) is 6.07 Å². The van der Waals surface area contributed by atoms with Crippen molar-refractivity contribution >= 4 is 64.8 Å². The summed E-state index contributed by atoms with van der Waals surface area (Å²) in [5, 5.41) is 3.63. The van der Waals surface area contributed by atoms with Gasteiger partial charge in [-0.05, 0) is 79.2 Å². The van der Waals surface area contributed by atoms with Gasteiger partial charge in [0.2, 0.25) is 0 Å². The summed E-state index contributed by atoms with van der Waals surface area (Å²) < 4.78 is 103. The van der Waals surface area contributed by atoms with E-state index in [1.54, 1.807) is 43.3 Å². The minimum Gasteiger partial charge on any atom is -0.322 e. The van der Waals surface area contributed by atoms with E-state index in [-0.39, 0.29) is 10.6 Å². The Bertz CT molecular complexity index is 2240. The molecular formula is C31H20F5N3O4S3. The van der Waals surface area contributed by atoms with Gasteiger partial charge in [0.1, 0.15) is 14.9 Å². The smallest absolute Gasteiger partial charge is 0.322 e. The van der Waals surface area contributed by atoms with E-state index in [2.05, 4.69) is 15.3 Å². The summed E-state index contributed by atoms with van der Waals surface area (Å²) in [5.41, 5.74) is 0.321. The van der Waals surface area contributed by atoms with Crippen LogP contribution in [0, 0.1) is 6.92 Å². The van der Waals surface area contributed by atoms with Crippen LogP contribution in [-0.2, 0) is 22.2 Å². The van der Waals surface area contributed by atoms with Crippen molar-refractivity contribution in [1.82, 2.24) is 9.97 Å². The van der Waals surface area contributed by atoms with Gasteiger partial charge in [-0.15, -0.1) is 22.7 Å². The van der Waals surface area contributed by atoms with Gasteiger partial charge in [0.05, 0.1) is 26.0 Å². The van der Waals surface area contributed by atoms with Crippen LogP contribution in [0.1, 0.15) is 34.0 Å². The normalized spacial score (nSPS) is 12.6. The maximum Gasteiger partial charge on any atom is 0.416 e. The van der Waals surface area contributed by atoms with Gasteiger partial charge in [-0.2, -0.15) is 21.6 Å². The molecule has 6 aromatic rings. The molecule has 0 fully saturated rings. The van der Waals surface area contributed by atoms with Crippen LogP contribution in [-0.4, -0.2) is 28.8 Å². The molecule has 236 valence electrons. The molecule has 0 saturated carbocycles. The van der Waals surface area contributed by atoms with Crippen molar-refractivity contribution in [2.75, 3.05) is 5.32 Å². The highest BCUT2D eigenvalue weighted by atomic mass is 32.2. The molecule has 1 amide bonds. The second-order valence-corrected chi connectivity index (χ2v) is 13.9. The molecule has 0 spiro atoms. The van der Waals surface area contributed by atoms with E-state index in [0.717, 1.165) is 27.7 Å². The Labute approximate surface area is 266 Å². The second kappa shape index (κ2) is 11.2. The molecule has 15 heteroatoms. The molecule has 0 atom stereocenters. The Kier molecular flexibility index (Phi) is 7.70. The first-order chi connectivity index (χ1) is 21.5. The van der Waals surface area contributed by atoms with Crippen molar-refractivity contribution in [2.24, 2.45) is 0 Å². The Morgan fingerprint density at radius 3 is 2.07 bits per heavy atom. The fourth-order valence-corrected chi connectivity index (χ4v) is 8.09. The number of nitrogens with zero attached hydrogens (tertiary/aromatic N) is 2. The molecule has 7 nitrogen and oxygen atoms in total. The maximum absolute atomic E-state index is 13.9. The summed E-state index contributed by atoms with van der Waals surface area (Å²) in [6.45, 7) is 2.05. The van der Waals surface area contributed by atoms with Crippen LogP contribution in [0.15, 0.2) is 77.7 Å². The third kappa shape index (κ3) is 6.23. The van der Waals surface area contributed by atoms with Gasteiger partial charge in [-0.25, -0.2) is 18.7 Å². The van der Waals surface area contributed by atoms with Crippen molar-refractivity contribution < 1.29 is 39.7 Å². The van der Waals surface area contributed by atoms with E-state index < -0.39 is 44.8 Å². The summed E-state index contributed by atoms with van der Waals surface area (Å²) in [5.74, 6) is -4.57. The van der Waals surface area contributed by atoms with Crippen molar-refractivity contribution in [3.05, 3.63) is 95.1 Å². The second-order valence-electron chi connectivity index (χ2n) is 10.5. The summed E-state index contributed by atoms with van der Waals surface area (Å²) in [6, 6.07) is 16.7. The highest BCUT2D eigenvalue weighted by molar-refractivity contribution is 7.86. The average Bonchev–Trinajstić information content (AvgIpc) is 3.59. The van der Waals surface area contributed by atoms with E-state index in [4.69, 9.17) is 0 Å². The topological polar surface area (TPSA) is 109 Å². The molecule has 0 aliphatic heterocycles. The fraction of sp³-hybridized carbons (Fsp3) is 0.129. The predicted molar refractivity (Wildman–Crippen MR) is 167 cm³/mol. The number of carbonyl (C=O) groups excluding carboxylic acids is 1. The molecule has 2 N–H and O–H groups in total. The average molecular weight is 690 g/mol. The van der Waals surface area contributed by atoms with E-state index in [9.17, 15) is 39.7 Å². The maximum atomic E-state index is 13.9. The van der Waals surface area contributed by atoms with Crippen molar-refractivity contribution in [2.45, 2.75) is 30.8 Å². The van der Waals surface area contributed by atoms with Crippen LogP contribution in [0.2, 0.25) is 0 Å². The van der Waals surface area contributed by atoms with Crippen LogP contribution in [0.25, 0.3) is 41.6 Å². The first-order valence-electron chi connectivity index (χ1n) is 13.3. The minimum atomic E-state index is -4.92. The van der Waals surface area contributed by atoms with Crippen LogP contribution in [0.5, 0.6) is 0 Å². The summed E-state index contributed by atoms with van der Waals surface area (Å²) >= 11 is 2.51. The third-order valence-electron chi connectivity index (χ3n) is 7.02. The quantitative estimate of drug-likeness (QED) is 0.133. The molecule has 0 aliphatic rings. The lowest BCUT2D eigenvalue weighted by atomic mass is 10.0. The number of amides is 1. The monoisotopic (exact) mass is 689 g/mol. The lowest BCUT2D eigenvalue weighted by Gasteiger charge is -2.16. The van der Waals surface area contributed by atoms with E-state index in [0.29, 0.717) is 55.9 Å². The lowest BCUT2D eigenvalue weighted by Crippen LogP contribution is -2.17. The number of carbonyl (C=O) groups is 1. The zero-order valence-corrected chi connectivity index (χ0v) is 26.1. The molecular weight excluding hydrogens is 670 g/mol. The molecule has 2 aromatic heterocycles. The Balaban J connectivity index is 1.25. The molecule has 0 bridgehead atoms. The summed E-state index contributed by atoms with van der Waals surface area (Å²) in [6.07, 6.45) is -4.92. The number of rotatable bonds is 6. The number of fused-ring (bicyclic) bond motifs is 2. The number of aryl methyl sites for hydroxylation is 1. The third-order valence-corrected chi connectivity index (χ3v) is 10.4. The van der Waals surface area contributed by atoms with Gasteiger partial charge in [0, 0.05) is 34.9 Å². The highest BCUT2D eigenvalue weighted by Crippen LogP contribution is 2.39. The van der Waals surface area contributed by atoms with Crippen LogP contribution in [0.3, 0.4) is 0 Å². The summed E-state index contributed by atoms with van der Waals surface area (Å²) in [4.78, 5) is 21.8. The number of benzene rings is 4. The van der Waals surface area contributed by atoms with E-state index >= 15 is 0 Å². The van der Waals surface area contributed by atoms with Crippen molar-refractivity contribution in [3.63, 3.8) is 0 Å². The largest absolute Gasteiger partial charge is 0.416 e. The van der Waals surface area contributed by atoms with Crippen LogP contribution < -0.4 is 5.32 Å². The number of anilines is 1. The molecule has 0 unspecified atom stereocenters. The molecule has 4 aromatic carbocycles. The zero-order valence-electron chi connectivity index (χ0n) is 23.6. The molecule has 0 aliphatic carbocycles. The Morgan fingerprint density at radius 2 is 1.41 bits per heavy atom. The van der Waals surface area contributed by atoms with Crippen LogP contribution in [0.4, 0.5) is 27.6 Å². The standard InChI is InChI=1S/C31H20F5N3O4S3/c1-15-3-9-23-25(26(15)46(41,42)43)45-29(39-23)17-6-10-22-24(13-17)44-28(38-22)16-4-7-21(8-5-16)37-27(40)18-11-19(30(2,32)33)14-20(12-18)31(34,35)36/h3-14H,1-2H3,(H,37,40)(H,41,42,43). The van der Waals surface area contributed by atoms with Crippen molar-refractivity contribution in [3.8, 4) is 21.1 Å². The number of hydrogen-bond acceptors (Lipinski definition) is 7.